The molecule has 1 aliphatic carbocycles. The van der Waals surface area contributed by atoms with Gasteiger partial charge in [-0.15, -0.1) is 0 Å². The lowest BCUT2D eigenvalue weighted by Gasteiger charge is -2.44. The molecular formula is C19H38O. The fourth-order valence-electron chi connectivity index (χ4n) is 3.28. The zero-order valence-electron chi connectivity index (χ0n) is 15.5. The first-order chi connectivity index (χ1) is 9.05. The molecule has 0 aromatic carbocycles. The molecule has 0 aromatic rings. The molecule has 1 nitrogen and oxygen atoms in total. The van der Waals surface area contributed by atoms with Crippen LogP contribution in [0, 0.1) is 28.6 Å². The van der Waals surface area contributed by atoms with Crippen molar-refractivity contribution in [3.63, 3.8) is 0 Å². The second-order valence-corrected chi connectivity index (χ2v) is 8.31. The minimum atomic E-state index is 0.248. The summed E-state index contributed by atoms with van der Waals surface area (Å²) in [5.41, 5.74) is 0.553. The third-order valence-electron chi connectivity index (χ3n) is 5.11. The van der Waals surface area contributed by atoms with Crippen molar-refractivity contribution >= 4 is 5.78 Å². The Bertz CT molecular complexity index is 293. The lowest BCUT2D eigenvalue weighted by atomic mass is 9.61. The van der Waals surface area contributed by atoms with Crippen molar-refractivity contribution < 1.29 is 4.79 Å². The van der Waals surface area contributed by atoms with Gasteiger partial charge >= 0.3 is 0 Å². The van der Waals surface area contributed by atoms with Crippen LogP contribution in [0.5, 0.6) is 0 Å². The highest BCUT2D eigenvalue weighted by Crippen LogP contribution is 2.48. The van der Waals surface area contributed by atoms with Crippen molar-refractivity contribution in [1.82, 2.24) is 0 Å². The van der Waals surface area contributed by atoms with Gasteiger partial charge in [-0.3, -0.25) is 4.79 Å². The van der Waals surface area contributed by atoms with Crippen LogP contribution < -0.4 is 0 Å². The molecule has 1 saturated carbocycles. The van der Waals surface area contributed by atoms with Crippen molar-refractivity contribution in [2.45, 2.75) is 88.0 Å². The van der Waals surface area contributed by atoms with Gasteiger partial charge in [0.25, 0.3) is 0 Å². The third-order valence-corrected chi connectivity index (χ3v) is 5.11. The fourth-order valence-corrected chi connectivity index (χ4v) is 3.28. The monoisotopic (exact) mass is 282 g/mol. The van der Waals surface area contributed by atoms with Crippen LogP contribution in [0.3, 0.4) is 0 Å². The van der Waals surface area contributed by atoms with Gasteiger partial charge in [-0.1, -0.05) is 62.3 Å². The minimum absolute atomic E-state index is 0.248. The van der Waals surface area contributed by atoms with Gasteiger partial charge in [-0.25, -0.2) is 0 Å². The van der Waals surface area contributed by atoms with Crippen LogP contribution in [0.2, 0.25) is 0 Å². The normalized spacial score (nSPS) is 21.7. The molecular weight excluding hydrogens is 244 g/mol. The van der Waals surface area contributed by atoms with Crippen molar-refractivity contribution in [2.75, 3.05) is 0 Å². The van der Waals surface area contributed by atoms with E-state index in [1.54, 1.807) is 0 Å². The molecule has 1 heteroatoms. The van der Waals surface area contributed by atoms with E-state index in [1.807, 2.05) is 13.8 Å². The maximum absolute atomic E-state index is 12.2. The van der Waals surface area contributed by atoms with E-state index in [1.165, 1.54) is 0 Å². The Morgan fingerprint density at radius 3 is 1.90 bits per heavy atom. The van der Waals surface area contributed by atoms with Gasteiger partial charge in [-0.05, 0) is 41.9 Å². The van der Waals surface area contributed by atoms with Gasteiger partial charge in [0.2, 0.25) is 0 Å². The largest absolute Gasteiger partial charge is 0.299 e. The van der Waals surface area contributed by atoms with E-state index in [0.717, 1.165) is 25.7 Å². The molecule has 2 atom stereocenters. The summed E-state index contributed by atoms with van der Waals surface area (Å²) in [5.74, 6) is 2.00. The molecule has 0 aromatic heterocycles. The molecule has 20 heavy (non-hydrogen) atoms. The Balaban J connectivity index is 0.00000172. The zero-order chi connectivity index (χ0) is 16.1. The summed E-state index contributed by atoms with van der Waals surface area (Å²) in [6.45, 7) is 20.2. The Morgan fingerprint density at radius 1 is 1.10 bits per heavy atom. The first kappa shape index (κ1) is 19.7. The van der Waals surface area contributed by atoms with Crippen LogP contribution in [0.4, 0.5) is 0 Å². The highest BCUT2D eigenvalue weighted by Gasteiger charge is 2.43. The molecule has 0 amide bonds. The van der Waals surface area contributed by atoms with E-state index in [4.69, 9.17) is 0 Å². The van der Waals surface area contributed by atoms with E-state index >= 15 is 0 Å². The van der Waals surface area contributed by atoms with Gasteiger partial charge in [0.05, 0.1) is 0 Å². The summed E-state index contributed by atoms with van der Waals surface area (Å²) in [7, 11) is 0. The Hall–Kier alpha value is -0.330. The summed E-state index contributed by atoms with van der Waals surface area (Å²) >= 11 is 0. The molecule has 0 saturated heterocycles. The van der Waals surface area contributed by atoms with E-state index < -0.39 is 0 Å². The molecule has 120 valence electrons. The number of ketones is 1. The van der Waals surface area contributed by atoms with E-state index in [2.05, 4.69) is 48.5 Å². The average molecular weight is 283 g/mol. The topological polar surface area (TPSA) is 17.1 Å². The van der Waals surface area contributed by atoms with Gasteiger partial charge < -0.3 is 0 Å². The molecule has 0 bridgehead atoms. The van der Waals surface area contributed by atoms with Crippen LogP contribution >= 0.6 is 0 Å². The van der Waals surface area contributed by atoms with Crippen LogP contribution in [-0.4, -0.2) is 5.78 Å². The number of rotatable bonds is 4. The summed E-state index contributed by atoms with van der Waals surface area (Å²) in [6, 6.07) is 0. The first-order valence-corrected chi connectivity index (χ1v) is 8.58. The van der Waals surface area contributed by atoms with Gasteiger partial charge in [0, 0.05) is 12.3 Å². The lowest BCUT2D eigenvalue weighted by molar-refractivity contribution is -0.124. The molecule has 0 aliphatic heterocycles. The minimum Gasteiger partial charge on any atom is -0.299 e. The number of hydrogen-bond acceptors (Lipinski definition) is 1. The SMILES string of the molecule is CC.CC(C)C(C)(C)C(CC(C)(C)C)C1CCCC1=O. The van der Waals surface area contributed by atoms with Crippen LogP contribution in [0.25, 0.3) is 0 Å². The fraction of sp³-hybridized carbons (Fsp3) is 0.947. The Morgan fingerprint density at radius 2 is 1.60 bits per heavy atom. The number of carbonyl (C=O) groups is 1. The second-order valence-electron chi connectivity index (χ2n) is 8.31. The number of hydrogen-bond donors (Lipinski definition) is 0. The smallest absolute Gasteiger partial charge is 0.136 e. The van der Waals surface area contributed by atoms with Gasteiger partial charge in [0.15, 0.2) is 0 Å². The Labute approximate surface area is 127 Å². The molecule has 1 fully saturated rings. The summed E-state index contributed by atoms with van der Waals surface area (Å²) < 4.78 is 0. The van der Waals surface area contributed by atoms with Crippen molar-refractivity contribution in [1.29, 1.82) is 0 Å². The molecule has 2 unspecified atom stereocenters. The van der Waals surface area contributed by atoms with Crippen LogP contribution in [0.1, 0.15) is 88.0 Å². The van der Waals surface area contributed by atoms with E-state index in [9.17, 15) is 4.79 Å². The van der Waals surface area contributed by atoms with Crippen LogP contribution in [-0.2, 0) is 4.79 Å². The molecule has 0 radical (unpaired) electrons. The molecule has 1 rings (SSSR count). The average Bonchev–Trinajstić information content (AvgIpc) is 2.73. The second kappa shape index (κ2) is 7.61. The summed E-state index contributed by atoms with van der Waals surface area (Å²) in [5, 5.41) is 0. The highest BCUT2D eigenvalue weighted by atomic mass is 16.1. The number of carbonyl (C=O) groups excluding carboxylic acids is 1. The molecule has 1 aliphatic rings. The predicted molar refractivity (Wildman–Crippen MR) is 89.9 cm³/mol. The van der Waals surface area contributed by atoms with E-state index in [0.29, 0.717) is 29.0 Å². The Kier molecular flexibility index (Phi) is 7.49. The van der Waals surface area contributed by atoms with Crippen molar-refractivity contribution in [3.8, 4) is 0 Å². The maximum atomic E-state index is 12.2. The highest BCUT2D eigenvalue weighted by molar-refractivity contribution is 5.83. The number of Topliss-reactive ketones (excluding diaryl/α,β-unsaturated/α-hetero) is 1. The third kappa shape index (κ3) is 5.22. The summed E-state index contributed by atoms with van der Waals surface area (Å²) in [6.07, 6.45) is 4.21. The van der Waals surface area contributed by atoms with Gasteiger partial charge in [-0.2, -0.15) is 0 Å². The first-order valence-electron chi connectivity index (χ1n) is 8.58. The standard InChI is InChI=1S/C17H32O.C2H6/c1-12(2)17(6,7)14(11-16(3,4)5)13-9-8-10-15(13)18;1-2/h12-14H,8-11H2,1-7H3;1-2H3. The van der Waals surface area contributed by atoms with E-state index in [-0.39, 0.29) is 5.41 Å². The molecule has 0 spiro atoms. The molecule has 0 heterocycles. The molecule has 0 N–H and O–H groups in total. The van der Waals surface area contributed by atoms with Gasteiger partial charge in [0.1, 0.15) is 5.78 Å². The summed E-state index contributed by atoms with van der Waals surface area (Å²) in [4.78, 5) is 12.2. The van der Waals surface area contributed by atoms with Crippen molar-refractivity contribution in [2.24, 2.45) is 28.6 Å². The van der Waals surface area contributed by atoms with Crippen LogP contribution in [0.15, 0.2) is 0 Å². The predicted octanol–water partition coefficient (Wildman–Crippen LogP) is 6.12. The lowest BCUT2D eigenvalue weighted by Crippen LogP contribution is -2.38. The maximum Gasteiger partial charge on any atom is 0.136 e. The zero-order valence-corrected chi connectivity index (χ0v) is 15.5. The van der Waals surface area contributed by atoms with Crippen molar-refractivity contribution in [3.05, 3.63) is 0 Å². The quantitative estimate of drug-likeness (QED) is 0.607.